The molecule has 6 aromatic rings. The molecule has 125 heavy (non-hydrogen) atoms. The summed E-state index contributed by atoms with van der Waals surface area (Å²) < 4.78 is 40.4. The van der Waals surface area contributed by atoms with Crippen LogP contribution in [0.4, 0.5) is 0 Å². The molecule has 0 spiro atoms. The molecule has 1 aliphatic rings. The van der Waals surface area contributed by atoms with E-state index in [-0.39, 0.29) is 0 Å². The average molecular weight is 2080 g/mol. The predicted octanol–water partition coefficient (Wildman–Crippen LogP) is 40.4. The molecule has 7 rings (SSSR count). The Morgan fingerprint density at radius 2 is 0.440 bits per heavy atom. The monoisotopic (exact) mass is 2080 g/mol. The Kier molecular flexibility index (Phi) is 62.2. The fraction of sp³-hybridized carbons (Fsp3) is 0.745. The minimum atomic E-state index is -2.34. The summed E-state index contributed by atoms with van der Waals surface area (Å²) >= 11 is 3.26. The molecule has 0 radical (unpaired) electrons. The molecule has 0 aliphatic carbocycles. The Bertz CT molecular complexity index is 3210. The van der Waals surface area contributed by atoms with Crippen molar-refractivity contribution in [3.63, 3.8) is 0 Å². The normalized spacial score (nSPS) is 12.9. The van der Waals surface area contributed by atoms with Crippen molar-refractivity contribution in [1.29, 1.82) is 0 Å². The SMILES string of the molecule is C1CCOC1.CCCCCC[Si](CCCCCC)(CCCCCC)Oc1cc(-c2cc[c]([Sn]([CH3])([CH3])[CH3])s2)c(O[Si](CCCCCC)(CCCCCC)CCCCCC)cc1-c1cc[c]([Sn]([CH3])([CH3])[CH3])s1.CCCCCC[Si](CCCCCC)(CCCCCC)Oc1cc(-c2cccs2)c(O[Si](CCCCCC)(CCCCCC)CCCCCC)cc1-c1cccs1. The smallest absolute Gasteiger partial charge is 0.251 e. The van der Waals surface area contributed by atoms with Crippen molar-refractivity contribution < 1.29 is 22.4 Å². The van der Waals surface area contributed by atoms with E-state index in [1.807, 2.05) is 22.7 Å². The number of benzene rings is 2. The summed E-state index contributed by atoms with van der Waals surface area (Å²) in [5.74, 6) is 4.70. The van der Waals surface area contributed by atoms with Gasteiger partial charge in [-0.3, -0.25) is 0 Å². The van der Waals surface area contributed by atoms with Crippen molar-refractivity contribution in [2.45, 2.75) is 506 Å². The van der Waals surface area contributed by atoms with E-state index in [1.54, 1.807) is 5.79 Å². The summed E-state index contributed by atoms with van der Waals surface area (Å²) in [6, 6.07) is 44.9. The third-order valence-electron chi connectivity index (χ3n) is 26.9. The quantitative estimate of drug-likeness (QED) is 0.0281. The van der Waals surface area contributed by atoms with E-state index < -0.39 is 70.0 Å². The zero-order valence-corrected chi connectivity index (χ0v) is 98.0. The molecule has 0 unspecified atom stereocenters. The molecule has 0 bridgehead atoms. The zero-order chi connectivity index (χ0) is 90.6. The van der Waals surface area contributed by atoms with Crippen LogP contribution in [0.1, 0.15) is 404 Å². The second-order valence-electron chi connectivity index (χ2n) is 40.7. The third kappa shape index (κ3) is 44.9. The van der Waals surface area contributed by atoms with E-state index in [9.17, 15) is 0 Å². The molecule has 0 N–H and O–H groups in total. The summed E-state index contributed by atoms with van der Waals surface area (Å²) in [4.78, 5) is 21.0. The van der Waals surface area contributed by atoms with Crippen LogP contribution in [0.3, 0.4) is 0 Å². The Balaban J connectivity index is 0.000000422. The zero-order valence-electron chi connectivity index (χ0n) is 85.0. The molecule has 4 aromatic heterocycles. The van der Waals surface area contributed by atoms with Gasteiger partial charge >= 0.3 is 379 Å². The maximum atomic E-state index is 8.16. The fourth-order valence-electron chi connectivity index (χ4n) is 18.9. The molecule has 0 amide bonds. The average Bonchev–Trinajstić information content (AvgIpc) is 1.72. The van der Waals surface area contributed by atoms with Crippen molar-refractivity contribution in [2.75, 3.05) is 13.2 Å². The van der Waals surface area contributed by atoms with Crippen LogP contribution in [0.5, 0.6) is 23.0 Å². The van der Waals surface area contributed by atoms with Crippen molar-refractivity contribution in [3.05, 3.63) is 83.6 Å². The number of hydrogen-bond acceptors (Lipinski definition) is 9. The van der Waals surface area contributed by atoms with E-state index in [4.69, 9.17) is 22.4 Å². The standard InChI is InChI=1S/C50H86O2S2Si2.C50H84O2S2Si2.C4H8O.6CH3.2Sn/c2*1-7-13-19-25-37-55(38-26-20-14-8-2,39-27-21-15-9-3)51-47-43-46(50-34-32-36-54-50)48(44-45(47)49-33-31-35-53-49)52-56(40-28-22-16-10-4,41-29-23-17-11-5)42-30-24-18-12-6;1-2-4-5-3-1;;;;;;;;/h31-36,43-44H,7-30,37-42H2,1-6H3;31-34,43-44H,7-30,37-42H2,1-6H3;1-4H2;6*1H3;;. The van der Waals surface area contributed by atoms with Crippen LogP contribution in [0.15, 0.2) is 83.6 Å². The van der Waals surface area contributed by atoms with Crippen LogP contribution in [0.25, 0.3) is 41.8 Å². The van der Waals surface area contributed by atoms with E-state index in [0.717, 1.165) is 24.7 Å². The van der Waals surface area contributed by atoms with Gasteiger partial charge in [-0.1, -0.05) is 249 Å². The van der Waals surface area contributed by atoms with Crippen LogP contribution in [0.2, 0.25) is 102 Å². The number of hydrogen-bond donors (Lipinski definition) is 0. The van der Waals surface area contributed by atoms with E-state index >= 15 is 0 Å². The van der Waals surface area contributed by atoms with Crippen LogP contribution in [-0.4, -0.2) is 83.2 Å². The second kappa shape index (κ2) is 68.0. The predicted molar refractivity (Wildman–Crippen MR) is 585 cm³/mol. The van der Waals surface area contributed by atoms with Gasteiger partial charge < -0.3 is 13.6 Å². The Morgan fingerprint density at radius 3 is 0.584 bits per heavy atom. The summed E-state index contributed by atoms with van der Waals surface area (Å²) in [5, 5.41) is 4.51. The molecule has 1 fully saturated rings. The van der Waals surface area contributed by atoms with Crippen molar-refractivity contribution in [3.8, 4) is 64.8 Å². The molecule has 0 saturated carbocycles. The van der Waals surface area contributed by atoms with Crippen LogP contribution in [0, 0.1) is 0 Å². The van der Waals surface area contributed by atoms with E-state index in [0.29, 0.717) is 0 Å². The van der Waals surface area contributed by atoms with E-state index in [2.05, 4.69) is 219 Å². The molecular formula is C110H196O5S4Si4Sn2. The van der Waals surface area contributed by atoms with Gasteiger partial charge in [0.05, 0.1) is 0 Å². The Morgan fingerprint density at radius 1 is 0.248 bits per heavy atom. The molecule has 0 atom stereocenters. The van der Waals surface area contributed by atoms with Gasteiger partial charge in [0.1, 0.15) is 11.5 Å². The first-order chi connectivity index (χ1) is 60.7. The molecule has 5 nitrogen and oxygen atoms in total. The molecule has 15 heteroatoms. The topological polar surface area (TPSA) is 46.2 Å². The van der Waals surface area contributed by atoms with Gasteiger partial charge in [-0.2, -0.15) is 0 Å². The van der Waals surface area contributed by atoms with Gasteiger partial charge in [0.2, 0.25) is 0 Å². The summed E-state index contributed by atoms with van der Waals surface area (Å²) in [5.41, 5.74) is 5.26. The number of ether oxygens (including phenoxy) is 1. The molecule has 1 saturated heterocycles. The van der Waals surface area contributed by atoms with Crippen LogP contribution in [-0.2, 0) is 4.74 Å². The maximum Gasteiger partial charge on any atom is 0.251 e. The van der Waals surface area contributed by atoms with Gasteiger partial charge in [0, 0.05) is 34.1 Å². The number of unbranched alkanes of at least 4 members (excludes halogenated alkanes) is 36. The van der Waals surface area contributed by atoms with Crippen LogP contribution >= 0.6 is 45.3 Å². The minimum absolute atomic E-state index is 1.00. The van der Waals surface area contributed by atoms with Crippen LogP contribution < -0.4 is 23.5 Å². The van der Waals surface area contributed by atoms with Gasteiger partial charge in [-0.15, -0.1) is 22.7 Å². The van der Waals surface area contributed by atoms with Gasteiger partial charge in [-0.25, -0.2) is 0 Å². The summed E-state index contributed by atoms with van der Waals surface area (Å²) in [7, 11) is -8.55. The van der Waals surface area contributed by atoms with Crippen molar-refractivity contribution in [1.82, 2.24) is 0 Å². The largest absolute Gasteiger partial charge is 0.543 e. The van der Waals surface area contributed by atoms with E-state index in [1.165, 1.54) is 447 Å². The van der Waals surface area contributed by atoms with Gasteiger partial charge in [0.15, 0.2) is 0 Å². The number of thiophene rings is 4. The van der Waals surface area contributed by atoms with Crippen molar-refractivity contribution in [2.24, 2.45) is 0 Å². The van der Waals surface area contributed by atoms with Crippen molar-refractivity contribution >= 4 is 121 Å². The van der Waals surface area contributed by atoms with Gasteiger partial charge in [0.25, 0.3) is 16.6 Å². The molecular weight excluding hydrogens is 1880 g/mol. The first kappa shape index (κ1) is 114. The Labute approximate surface area is 803 Å². The van der Waals surface area contributed by atoms with Gasteiger partial charge in [-0.05, 0) is 84.1 Å². The first-order valence-corrected chi connectivity index (χ1v) is 87.2. The summed E-state index contributed by atoms with van der Waals surface area (Å²) in [6.45, 7) is 30.3. The first-order valence-electron chi connectivity index (χ1n) is 53.7. The molecule has 5 heterocycles. The fourth-order valence-corrected chi connectivity index (χ4v) is 50.5. The Hall–Kier alpha value is -1.14. The number of rotatable bonds is 74. The third-order valence-corrected chi connectivity index (χ3v) is 67.7. The molecule has 1 aliphatic heterocycles. The second-order valence-corrected chi connectivity index (χ2v) is 91.8. The minimum Gasteiger partial charge on any atom is -0.543 e. The molecule has 2 aromatic carbocycles. The maximum absolute atomic E-state index is 8.16. The summed E-state index contributed by atoms with van der Waals surface area (Å²) in [6.07, 6.45) is 66.0. The molecule has 714 valence electrons.